The van der Waals surface area contributed by atoms with E-state index in [4.69, 9.17) is 21.1 Å². The van der Waals surface area contributed by atoms with Crippen molar-refractivity contribution in [2.45, 2.75) is 57.6 Å². The number of halogens is 1. The van der Waals surface area contributed by atoms with Gasteiger partial charge in [-0.3, -0.25) is 9.69 Å². The average Bonchev–Trinajstić information content (AvgIpc) is 2.70. The van der Waals surface area contributed by atoms with Gasteiger partial charge in [0.25, 0.3) is 0 Å². The average molecular weight is 493 g/mol. The minimum absolute atomic E-state index is 0.0749. The van der Waals surface area contributed by atoms with Crippen molar-refractivity contribution in [1.29, 1.82) is 0 Å². The molecule has 1 aliphatic carbocycles. The summed E-state index contributed by atoms with van der Waals surface area (Å²) >= 11 is 6.47. The fraction of sp³-hybridized carbons (Fsp3) is 0.680. The molecule has 1 aromatic carbocycles. The number of piperazine rings is 1. The van der Waals surface area contributed by atoms with Crippen LogP contribution in [0, 0.1) is 0 Å². The van der Waals surface area contributed by atoms with E-state index in [9.17, 15) is 9.59 Å². The summed E-state index contributed by atoms with van der Waals surface area (Å²) in [4.78, 5) is 31.0. The van der Waals surface area contributed by atoms with Crippen LogP contribution in [0.25, 0.3) is 0 Å². The Morgan fingerprint density at radius 3 is 2.32 bits per heavy atom. The molecule has 9 heteroatoms. The molecule has 0 unspecified atom stereocenters. The highest BCUT2D eigenvalue weighted by Crippen LogP contribution is 2.43. The van der Waals surface area contributed by atoms with Gasteiger partial charge >= 0.3 is 6.09 Å². The monoisotopic (exact) mass is 492 g/mol. The minimum Gasteiger partial charge on any atom is -0.495 e. The summed E-state index contributed by atoms with van der Waals surface area (Å²) < 4.78 is 10.9. The normalized spacial score (nSPS) is 19.9. The zero-order chi connectivity index (χ0) is 24.5. The highest BCUT2D eigenvalue weighted by Gasteiger charge is 2.38. The maximum atomic E-state index is 12.9. The summed E-state index contributed by atoms with van der Waals surface area (Å²) in [6.45, 7) is 10.2. The summed E-state index contributed by atoms with van der Waals surface area (Å²) in [6, 6.07) is 4.23. The number of anilines is 1. The van der Waals surface area contributed by atoms with Gasteiger partial charge in [0.1, 0.15) is 11.4 Å². The van der Waals surface area contributed by atoms with Gasteiger partial charge < -0.3 is 24.6 Å². The van der Waals surface area contributed by atoms with Crippen LogP contribution in [-0.2, 0) is 9.53 Å². The number of likely N-dealkylation sites (tertiary alicyclic amines) is 1. The predicted octanol–water partition coefficient (Wildman–Crippen LogP) is 3.79. The minimum atomic E-state index is -0.475. The van der Waals surface area contributed by atoms with Gasteiger partial charge in [0.15, 0.2) is 0 Å². The van der Waals surface area contributed by atoms with E-state index < -0.39 is 5.60 Å². The van der Waals surface area contributed by atoms with Gasteiger partial charge in [0.05, 0.1) is 19.3 Å². The Labute approximate surface area is 207 Å². The van der Waals surface area contributed by atoms with E-state index in [1.165, 1.54) is 6.42 Å². The number of hydrogen-bond donors (Lipinski definition) is 1. The van der Waals surface area contributed by atoms with E-state index >= 15 is 0 Å². The number of carbonyl (C=O) groups is 2. The maximum absolute atomic E-state index is 12.9. The Hall–Kier alpha value is -2.19. The summed E-state index contributed by atoms with van der Waals surface area (Å²) in [7, 11) is 1.62. The van der Waals surface area contributed by atoms with Gasteiger partial charge in [0, 0.05) is 56.4 Å². The van der Waals surface area contributed by atoms with Crippen molar-refractivity contribution in [3.05, 3.63) is 22.7 Å². The van der Waals surface area contributed by atoms with Crippen molar-refractivity contribution in [1.82, 2.24) is 14.7 Å². The maximum Gasteiger partial charge on any atom is 0.410 e. The SMILES string of the molecule is COc1cc(Cl)c(C2CCC2)cc1NCC(=O)N1CCN(C2CN(C(=O)OC(C)(C)C)C2)CC1. The van der Waals surface area contributed by atoms with Crippen LogP contribution in [0.4, 0.5) is 10.5 Å². The molecular formula is C25H37ClN4O4. The van der Waals surface area contributed by atoms with Crippen molar-refractivity contribution in [2.24, 2.45) is 0 Å². The third kappa shape index (κ3) is 5.71. The largest absolute Gasteiger partial charge is 0.495 e. The molecule has 188 valence electrons. The van der Waals surface area contributed by atoms with Gasteiger partial charge in [0.2, 0.25) is 5.91 Å². The predicted molar refractivity (Wildman–Crippen MR) is 133 cm³/mol. The van der Waals surface area contributed by atoms with Gasteiger partial charge in [-0.05, 0) is 51.2 Å². The zero-order valence-corrected chi connectivity index (χ0v) is 21.5. The van der Waals surface area contributed by atoms with Crippen LogP contribution < -0.4 is 10.1 Å². The highest BCUT2D eigenvalue weighted by molar-refractivity contribution is 6.31. The molecule has 2 amide bonds. The molecule has 1 saturated carbocycles. The fourth-order valence-corrected chi connectivity index (χ4v) is 5.00. The molecule has 8 nitrogen and oxygen atoms in total. The number of rotatable bonds is 6. The Balaban J connectivity index is 1.23. The number of nitrogens with zero attached hydrogens (tertiary/aromatic N) is 3. The Morgan fingerprint density at radius 1 is 1.09 bits per heavy atom. The molecule has 34 heavy (non-hydrogen) atoms. The Bertz CT molecular complexity index is 901. The Kier molecular flexibility index (Phi) is 7.48. The third-order valence-corrected chi connectivity index (χ3v) is 7.32. The zero-order valence-electron chi connectivity index (χ0n) is 20.7. The van der Waals surface area contributed by atoms with Crippen molar-refractivity contribution < 1.29 is 19.1 Å². The lowest BCUT2D eigenvalue weighted by molar-refractivity contribution is -0.131. The lowest BCUT2D eigenvalue weighted by atomic mass is 9.80. The van der Waals surface area contributed by atoms with Crippen LogP contribution in [0.2, 0.25) is 5.02 Å². The van der Waals surface area contributed by atoms with E-state index in [2.05, 4.69) is 10.2 Å². The molecule has 0 radical (unpaired) electrons. The fourth-order valence-electron chi connectivity index (χ4n) is 4.69. The molecule has 3 aliphatic rings. The lowest BCUT2D eigenvalue weighted by Gasteiger charge is -2.48. The first-order valence-electron chi connectivity index (χ1n) is 12.3. The van der Waals surface area contributed by atoms with Crippen molar-refractivity contribution in [3.8, 4) is 5.75 Å². The van der Waals surface area contributed by atoms with Gasteiger partial charge in [-0.25, -0.2) is 4.79 Å². The first-order valence-corrected chi connectivity index (χ1v) is 12.6. The highest BCUT2D eigenvalue weighted by atomic mass is 35.5. The van der Waals surface area contributed by atoms with Crippen molar-refractivity contribution >= 4 is 29.3 Å². The molecule has 0 aromatic heterocycles. The first-order chi connectivity index (χ1) is 16.1. The molecule has 0 spiro atoms. The van der Waals surface area contributed by atoms with Crippen LogP contribution in [0.15, 0.2) is 12.1 Å². The van der Waals surface area contributed by atoms with Crippen LogP contribution in [0.1, 0.15) is 51.5 Å². The summed E-state index contributed by atoms with van der Waals surface area (Å²) in [5.41, 5.74) is 1.48. The van der Waals surface area contributed by atoms with E-state index in [0.29, 0.717) is 43.9 Å². The number of methoxy groups -OCH3 is 1. The molecule has 1 N–H and O–H groups in total. The third-order valence-electron chi connectivity index (χ3n) is 6.99. The van der Waals surface area contributed by atoms with Gasteiger partial charge in [-0.15, -0.1) is 0 Å². The van der Waals surface area contributed by atoms with E-state index in [1.54, 1.807) is 12.0 Å². The van der Waals surface area contributed by atoms with E-state index in [1.807, 2.05) is 37.8 Å². The van der Waals surface area contributed by atoms with Crippen LogP contribution in [0.5, 0.6) is 5.75 Å². The molecule has 0 bridgehead atoms. The second-order valence-corrected chi connectivity index (χ2v) is 10.9. The van der Waals surface area contributed by atoms with E-state index in [0.717, 1.165) is 42.2 Å². The first kappa shape index (κ1) is 24.9. The van der Waals surface area contributed by atoms with Crippen LogP contribution in [-0.4, -0.2) is 91.3 Å². The summed E-state index contributed by atoms with van der Waals surface area (Å²) in [5, 5.41) is 4.01. The number of amides is 2. The van der Waals surface area contributed by atoms with E-state index in [-0.39, 0.29) is 18.5 Å². The van der Waals surface area contributed by atoms with Gasteiger partial charge in [-0.2, -0.15) is 0 Å². The molecule has 1 aromatic rings. The smallest absolute Gasteiger partial charge is 0.410 e. The second kappa shape index (κ2) is 10.2. The molecule has 2 heterocycles. The second-order valence-electron chi connectivity index (χ2n) is 10.5. The number of carbonyl (C=O) groups excluding carboxylic acids is 2. The van der Waals surface area contributed by atoms with Crippen molar-refractivity contribution in [2.75, 3.05) is 58.2 Å². The molecule has 3 fully saturated rings. The standard InChI is InChI=1S/C25H37ClN4O4/c1-25(2,3)34-24(32)30-15-18(16-30)28-8-10-29(11-9-28)23(31)14-27-21-12-19(17-6-5-7-17)20(26)13-22(21)33-4/h12-13,17-18,27H,5-11,14-16H2,1-4H3. The molecular weight excluding hydrogens is 456 g/mol. The van der Waals surface area contributed by atoms with Gasteiger partial charge in [-0.1, -0.05) is 18.0 Å². The van der Waals surface area contributed by atoms with Crippen LogP contribution >= 0.6 is 11.6 Å². The molecule has 0 atom stereocenters. The van der Waals surface area contributed by atoms with Crippen LogP contribution in [0.3, 0.4) is 0 Å². The topological polar surface area (TPSA) is 74.4 Å². The molecule has 4 rings (SSSR count). The number of hydrogen-bond acceptors (Lipinski definition) is 6. The molecule has 2 saturated heterocycles. The number of benzene rings is 1. The number of nitrogens with one attached hydrogen (secondary N) is 1. The van der Waals surface area contributed by atoms with Crippen molar-refractivity contribution in [3.63, 3.8) is 0 Å². The summed E-state index contributed by atoms with van der Waals surface area (Å²) in [5.74, 6) is 1.23. The Morgan fingerprint density at radius 2 is 1.76 bits per heavy atom. The number of ether oxygens (including phenoxy) is 2. The summed E-state index contributed by atoms with van der Waals surface area (Å²) in [6.07, 6.45) is 3.30. The lowest BCUT2D eigenvalue weighted by Crippen LogP contribution is -2.65. The molecule has 2 aliphatic heterocycles. The quantitative estimate of drug-likeness (QED) is 0.651.